The van der Waals surface area contributed by atoms with Crippen LogP contribution in [-0.2, 0) is 14.3 Å². The number of rotatable bonds is 3. The Morgan fingerprint density at radius 2 is 2.24 bits per heavy atom. The highest BCUT2D eigenvalue weighted by Gasteiger charge is 2.38. The molecule has 0 bridgehead atoms. The molecule has 5 heteroatoms. The number of carboxylic acids is 1. The van der Waals surface area contributed by atoms with Gasteiger partial charge in [-0.15, -0.1) is 0 Å². The molecule has 2 aliphatic heterocycles. The first-order valence-electron chi connectivity index (χ1n) is 6.32. The number of nitrogens with zero attached hydrogens (tertiary/aromatic N) is 1. The van der Waals surface area contributed by atoms with Crippen molar-refractivity contribution in [2.24, 2.45) is 5.92 Å². The minimum atomic E-state index is -0.927. The van der Waals surface area contributed by atoms with Crippen molar-refractivity contribution in [3.8, 4) is 0 Å². The summed E-state index contributed by atoms with van der Waals surface area (Å²) in [5, 5.41) is 8.85. The lowest BCUT2D eigenvalue weighted by molar-refractivity contribution is -0.156. The lowest BCUT2D eigenvalue weighted by Gasteiger charge is -2.37. The number of hydrogen-bond donors (Lipinski definition) is 1. The minimum absolute atomic E-state index is 0.179. The van der Waals surface area contributed by atoms with Crippen molar-refractivity contribution in [1.82, 2.24) is 4.90 Å². The average molecular weight is 243 g/mol. The van der Waals surface area contributed by atoms with Gasteiger partial charge in [-0.3, -0.25) is 0 Å². The van der Waals surface area contributed by atoms with Gasteiger partial charge >= 0.3 is 5.97 Å². The molecule has 98 valence electrons. The molecule has 3 atom stereocenters. The zero-order chi connectivity index (χ0) is 12.4. The van der Waals surface area contributed by atoms with Gasteiger partial charge in [0.25, 0.3) is 0 Å². The molecular weight excluding hydrogens is 222 g/mol. The number of hydrogen-bond acceptors (Lipinski definition) is 4. The summed E-state index contributed by atoms with van der Waals surface area (Å²) in [5.41, 5.74) is 0. The van der Waals surface area contributed by atoms with Crippen LogP contribution in [0.3, 0.4) is 0 Å². The summed E-state index contributed by atoms with van der Waals surface area (Å²) in [6.45, 7) is 6.59. The van der Waals surface area contributed by atoms with E-state index in [0.29, 0.717) is 12.0 Å². The number of piperidine rings is 1. The van der Waals surface area contributed by atoms with E-state index in [1.54, 1.807) is 0 Å². The van der Waals surface area contributed by atoms with Gasteiger partial charge in [0.05, 0.1) is 6.61 Å². The monoisotopic (exact) mass is 243 g/mol. The predicted octanol–water partition coefficient (Wildman–Crippen LogP) is 0.933. The molecule has 2 rings (SSSR count). The summed E-state index contributed by atoms with van der Waals surface area (Å²) in [6.07, 6.45) is 1.07. The fourth-order valence-corrected chi connectivity index (χ4v) is 2.53. The standard InChI is InChI=1S/C12H21NO4/c1-8(2)13-5-3-4-9(6-13)12-16-7-10(17-12)11(14)15/h8-10,12H,3-7H2,1-2H3,(H,14,15). The molecule has 5 nitrogen and oxygen atoms in total. The maximum atomic E-state index is 10.8. The molecule has 0 radical (unpaired) electrons. The second-order valence-electron chi connectivity index (χ2n) is 5.16. The van der Waals surface area contributed by atoms with Crippen LogP contribution < -0.4 is 0 Å². The van der Waals surface area contributed by atoms with E-state index in [9.17, 15) is 4.79 Å². The van der Waals surface area contributed by atoms with Crippen molar-refractivity contribution in [2.75, 3.05) is 19.7 Å². The molecule has 2 saturated heterocycles. The Balaban J connectivity index is 1.88. The van der Waals surface area contributed by atoms with Crippen LogP contribution in [0.2, 0.25) is 0 Å². The van der Waals surface area contributed by atoms with Crippen LogP contribution in [0.15, 0.2) is 0 Å². The maximum absolute atomic E-state index is 10.8. The summed E-state index contributed by atoms with van der Waals surface area (Å²) in [6, 6.07) is 0.523. The predicted molar refractivity (Wildman–Crippen MR) is 61.7 cm³/mol. The van der Waals surface area contributed by atoms with E-state index in [1.165, 1.54) is 0 Å². The topological polar surface area (TPSA) is 59.0 Å². The fourth-order valence-electron chi connectivity index (χ4n) is 2.53. The second kappa shape index (κ2) is 5.33. The molecule has 0 aromatic carbocycles. The number of carboxylic acid groups (broad SMARTS) is 1. The Bertz CT molecular complexity index is 282. The van der Waals surface area contributed by atoms with Gasteiger partial charge in [-0.1, -0.05) is 0 Å². The molecule has 2 heterocycles. The molecule has 2 fully saturated rings. The van der Waals surface area contributed by atoms with Crippen LogP contribution in [0.4, 0.5) is 0 Å². The molecule has 17 heavy (non-hydrogen) atoms. The molecule has 0 amide bonds. The molecule has 1 N–H and O–H groups in total. The zero-order valence-electron chi connectivity index (χ0n) is 10.5. The summed E-state index contributed by atoms with van der Waals surface area (Å²) in [4.78, 5) is 13.2. The van der Waals surface area contributed by atoms with E-state index in [4.69, 9.17) is 14.6 Å². The Labute approximate surface area is 102 Å². The lowest BCUT2D eigenvalue weighted by Crippen LogP contribution is -2.44. The molecule has 0 aromatic rings. The first kappa shape index (κ1) is 12.8. The van der Waals surface area contributed by atoms with Crippen LogP contribution >= 0.6 is 0 Å². The first-order valence-corrected chi connectivity index (χ1v) is 6.32. The van der Waals surface area contributed by atoms with E-state index >= 15 is 0 Å². The number of likely N-dealkylation sites (tertiary alicyclic amines) is 1. The van der Waals surface area contributed by atoms with Gasteiger partial charge in [0.2, 0.25) is 0 Å². The zero-order valence-corrected chi connectivity index (χ0v) is 10.5. The highest BCUT2D eigenvalue weighted by Crippen LogP contribution is 2.27. The molecule has 2 aliphatic rings. The minimum Gasteiger partial charge on any atom is -0.479 e. The summed E-state index contributed by atoms with van der Waals surface area (Å²) >= 11 is 0. The van der Waals surface area contributed by atoms with Gasteiger partial charge < -0.3 is 19.5 Å². The van der Waals surface area contributed by atoms with Gasteiger partial charge in [-0.05, 0) is 33.2 Å². The van der Waals surface area contributed by atoms with Gasteiger partial charge in [-0.2, -0.15) is 0 Å². The molecular formula is C12H21NO4. The highest BCUT2D eigenvalue weighted by atomic mass is 16.7. The van der Waals surface area contributed by atoms with Crippen LogP contribution in [0.1, 0.15) is 26.7 Å². The Kier molecular flexibility index (Phi) is 4.01. The lowest BCUT2D eigenvalue weighted by atomic mass is 9.96. The largest absolute Gasteiger partial charge is 0.479 e. The molecule has 0 aliphatic carbocycles. The molecule has 0 aromatic heterocycles. The maximum Gasteiger partial charge on any atom is 0.335 e. The van der Waals surface area contributed by atoms with E-state index < -0.39 is 12.1 Å². The van der Waals surface area contributed by atoms with Gasteiger partial charge in [-0.25, -0.2) is 4.79 Å². The summed E-state index contributed by atoms with van der Waals surface area (Å²) in [7, 11) is 0. The molecule has 0 saturated carbocycles. The van der Waals surface area contributed by atoms with Gasteiger partial charge in [0.15, 0.2) is 12.4 Å². The van der Waals surface area contributed by atoms with E-state index in [-0.39, 0.29) is 12.9 Å². The Morgan fingerprint density at radius 1 is 1.47 bits per heavy atom. The van der Waals surface area contributed by atoms with Crippen molar-refractivity contribution >= 4 is 5.97 Å². The van der Waals surface area contributed by atoms with Crippen molar-refractivity contribution in [3.05, 3.63) is 0 Å². The van der Waals surface area contributed by atoms with Crippen molar-refractivity contribution < 1.29 is 19.4 Å². The highest BCUT2D eigenvalue weighted by molar-refractivity contribution is 5.72. The van der Waals surface area contributed by atoms with E-state index in [2.05, 4.69) is 18.7 Å². The van der Waals surface area contributed by atoms with Gasteiger partial charge in [0, 0.05) is 18.5 Å². The van der Waals surface area contributed by atoms with Gasteiger partial charge in [0.1, 0.15) is 0 Å². The number of carbonyl (C=O) groups is 1. The summed E-state index contributed by atoms with van der Waals surface area (Å²) in [5.74, 6) is -0.625. The SMILES string of the molecule is CC(C)N1CCCC(C2OCC(C(=O)O)O2)C1. The van der Waals surface area contributed by atoms with Crippen LogP contribution in [0.5, 0.6) is 0 Å². The van der Waals surface area contributed by atoms with E-state index in [0.717, 1.165) is 25.9 Å². The smallest absolute Gasteiger partial charge is 0.335 e. The third-order valence-corrected chi connectivity index (χ3v) is 3.59. The van der Waals surface area contributed by atoms with Crippen molar-refractivity contribution in [2.45, 2.75) is 45.1 Å². The normalized spacial score (nSPS) is 35.4. The number of aliphatic carboxylic acids is 1. The molecule has 0 spiro atoms. The number of ether oxygens (including phenoxy) is 2. The molecule has 3 unspecified atom stereocenters. The van der Waals surface area contributed by atoms with Crippen molar-refractivity contribution in [3.63, 3.8) is 0 Å². The van der Waals surface area contributed by atoms with Crippen LogP contribution in [0, 0.1) is 5.92 Å². The Morgan fingerprint density at radius 3 is 2.82 bits per heavy atom. The van der Waals surface area contributed by atoms with Crippen LogP contribution in [0.25, 0.3) is 0 Å². The third kappa shape index (κ3) is 2.97. The average Bonchev–Trinajstić information content (AvgIpc) is 2.78. The second-order valence-corrected chi connectivity index (χ2v) is 5.16. The van der Waals surface area contributed by atoms with E-state index in [1.807, 2.05) is 0 Å². The fraction of sp³-hybridized carbons (Fsp3) is 0.917. The van der Waals surface area contributed by atoms with Crippen molar-refractivity contribution in [1.29, 1.82) is 0 Å². The Hall–Kier alpha value is -0.650. The van der Waals surface area contributed by atoms with Crippen LogP contribution in [-0.4, -0.2) is 54.1 Å². The quantitative estimate of drug-likeness (QED) is 0.799. The summed E-state index contributed by atoms with van der Waals surface area (Å²) < 4.78 is 10.9. The third-order valence-electron chi connectivity index (χ3n) is 3.59. The first-order chi connectivity index (χ1) is 8.08.